The van der Waals surface area contributed by atoms with Crippen LogP contribution >= 0.6 is 11.6 Å². The first-order valence-electron chi connectivity index (χ1n) is 8.89. The van der Waals surface area contributed by atoms with Gasteiger partial charge in [0, 0.05) is 19.7 Å². The Labute approximate surface area is 174 Å². The van der Waals surface area contributed by atoms with Gasteiger partial charge in [-0.15, -0.1) is 0 Å². The molecular formula is C19H18ClN5O5. The number of carbonyl (C=O) groups is 1. The van der Waals surface area contributed by atoms with E-state index in [1.807, 2.05) is 19.9 Å². The van der Waals surface area contributed by atoms with Gasteiger partial charge in [-0.25, -0.2) is 4.79 Å². The Bertz CT molecular complexity index is 1330. The van der Waals surface area contributed by atoms with Crippen molar-refractivity contribution in [3.05, 3.63) is 77.7 Å². The molecule has 2 aromatic heterocycles. The van der Waals surface area contributed by atoms with Crippen molar-refractivity contribution in [2.75, 3.05) is 0 Å². The first kappa shape index (κ1) is 21.2. The lowest BCUT2D eigenvalue weighted by atomic mass is 10.1. The van der Waals surface area contributed by atoms with E-state index in [2.05, 4.69) is 4.98 Å². The zero-order valence-corrected chi connectivity index (χ0v) is 17.2. The Morgan fingerprint density at radius 1 is 1.23 bits per heavy atom. The summed E-state index contributed by atoms with van der Waals surface area (Å²) in [4.78, 5) is 53.1. The molecule has 2 heterocycles. The summed E-state index contributed by atoms with van der Waals surface area (Å²) in [5, 5.41) is 11.2. The fourth-order valence-corrected chi connectivity index (χ4v) is 3.26. The van der Waals surface area contributed by atoms with Crippen LogP contribution in [0.4, 0.5) is 5.69 Å². The third-order valence-electron chi connectivity index (χ3n) is 4.57. The van der Waals surface area contributed by atoms with Crippen LogP contribution in [0.3, 0.4) is 0 Å². The molecule has 1 aromatic carbocycles. The number of carbonyl (C=O) groups excluding carboxylic acids is 1. The van der Waals surface area contributed by atoms with Gasteiger partial charge in [0.05, 0.1) is 17.0 Å². The van der Waals surface area contributed by atoms with Crippen molar-refractivity contribution in [1.29, 1.82) is 0 Å². The quantitative estimate of drug-likeness (QED) is 0.194. The maximum Gasteiger partial charge on any atom is 0.332 e. The summed E-state index contributed by atoms with van der Waals surface area (Å²) in [6.07, 6.45) is 1.83. The van der Waals surface area contributed by atoms with Crippen molar-refractivity contribution >= 4 is 34.2 Å². The largest absolute Gasteiger partial charge is 0.332 e. The van der Waals surface area contributed by atoms with Gasteiger partial charge in [0.15, 0.2) is 16.9 Å². The second-order valence-corrected chi connectivity index (χ2v) is 7.21. The molecule has 0 spiro atoms. The minimum Gasteiger partial charge on any atom is -0.305 e. The van der Waals surface area contributed by atoms with Gasteiger partial charge in [0.25, 0.3) is 11.2 Å². The molecular weight excluding hydrogens is 414 g/mol. The molecule has 0 unspecified atom stereocenters. The number of ketones is 1. The Hall–Kier alpha value is -3.53. The average molecular weight is 432 g/mol. The summed E-state index contributed by atoms with van der Waals surface area (Å²) in [5.74, 6) is -0.734. The molecule has 0 atom stereocenters. The monoisotopic (exact) mass is 431 g/mol. The normalized spacial score (nSPS) is 10.9. The Kier molecular flexibility index (Phi) is 5.70. The second kappa shape index (κ2) is 8.07. The molecule has 0 aliphatic heterocycles. The lowest BCUT2D eigenvalue weighted by Crippen LogP contribution is -2.41. The summed E-state index contributed by atoms with van der Waals surface area (Å²) in [6.45, 7) is 3.36. The van der Waals surface area contributed by atoms with E-state index in [9.17, 15) is 24.5 Å². The number of allylic oxidation sites excluding steroid dienone is 2. The van der Waals surface area contributed by atoms with Crippen molar-refractivity contribution < 1.29 is 9.72 Å². The Balaban J connectivity index is 2.18. The number of imidazole rings is 1. The van der Waals surface area contributed by atoms with E-state index in [1.165, 1.54) is 35.9 Å². The second-order valence-electron chi connectivity index (χ2n) is 6.88. The highest BCUT2D eigenvalue weighted by Gasteiger charge is 2.24. The minimum atomic E-state index is -0.775. The molecule has 0 fully saturated rings. The van der Waals surface area contributed by atoms with Crippen molar-refractivity contribution in [2.45, 2.75) is 26.9 Å². The van der Waals surface area contributed by atoms with Gasteiger partial charge in [0.2, 0.25) is 5.28 Å². The third kappa shape index (κ3) is 3.69. The third-order valence-corrected chi connectivity index (χ3v) is 4.86. The Morgan fingerprint density at radius 2 is 1.90 bits per heavy atom. The number of halogens is 1. The number of hydrogen-bond donors (Lipinski definition) is 0. The predicted octanol–water partition coefficient (Wildman–Crippen LogP) is 2.31. The number of nitrogens with zero attached hydrogens (tertiary/aromatic N) is 5. The van der Waals surface area contributed by atoms with Crippen molar-refractivity contribution in [3.8, 4) is 0 Å². The summed E-state index contributed by atoms with van der Waals surface area (Å²) in [7, 11) is 1.41. The maximum atomic E-state index is 13.1. The standard InChI is InChI=1S/C19H18ClN5O5/c1-11(2)8-9-23-15-16(21-18(23)20)22(3)19(28)24(17(15)27)10-14(26)12-6-4-5-7-13(12)25(29)30/h4-8H,9-10H2,1-3H3. The van der Waals surface area contributed by atoms with E-state index in [4.69, 9.17) is 11.6 Å². The van der Waals surface area contributed by atoms with E-state index in [0.717, 1.165) is 14.7 Å². The summed E-state index contributed by atoms with van der Waals surface area (Å²) >= 11 is 6.17. The molecule has 3 rings (SSSR count). The van der Waals surface area contributed by atoms with Crippen LogP contribution in [0.2, 0.25) is 5.28 Å². The highest BCUT2D eigenvalue weighted by atomic mass is 35.5. The zero-order chi connectivity index (χ0) is 22.2. The molecule has 0 saturated heterocycles. The van der Waals surface area contributed by atoms with E-state index >= 15 is 0 Å². The minimum absolute atomic E-state index is 0.0253. The molecule has 30 heavy (non-hydrogen) atoms. The van der Waals surface area contributed by atoms with Gasteiger partial charge in [-0.1, -0.05) is 23.8 Å². The van der Waals surface area contributed by atoms with Crippen LogP contribution in [-0.4, -0.2) is 29.4 Å². The van der Waals surface area contributed by atoms with Crippen molar-refractivity contribution in [3.63, 3.8) is 0 Å². The van der Waals surface area contributed by atoms with E-state index in [1.54, 1.807) is 0 Å². The van der Waals surface area contributed by atoms with E-state index < -0.39 is 34.2 Å². The number of aryl methyl sites for hydroxylation is 1. The lowest BCUT2D eigenvalue weighted by molar-refractivity contribution is -0.385. The van der Waals surface area contributed by atoms with Gasteiger partial charge in [0.1, 0.15) is 0 Å². The number of fused-ring (bicyclic) bond motifs is 1. The molecule has 0 bridgehead atoms. The molecule has 3 aromatic rings. The summed E-state index contributed by atoms with van der Waals surface area (Å²) in [5.41, 5.74) is -0.964. The van der Waals surface area contributed by atoms with Crippen molar-refractivity contribution in [1.82, 2.24) is 18.7 Å². The number of nitro groups is 1. The fraction of sp³-hybridized carbons (Fsp3) is 0.263. The number of hydrogen-bond acceptors (Lipinski definition) is 6. The summed E-state index contributed by atoms with van der Waals surface area (Å²) < 4.78 is 3.30. The average Bonchev–Trinajstić information content (AvgIpc) is 3.04. The van der Waals surface area contributed by atoms with E-state index in [0.29, 0.717) is 0 Å². The number of nitro benzene ring substituents is 1. The molecule has 0 aliphatic carbocycles. The molecule has 0 saturated carbocycles. The predicted molar refractivity (Wildman–Crippen MR) is 111 cm³/mol. The van der Waals surface area contributed by atoms with Crippen LogP contribution in [0.15, 0.2) is 45.5 Å². The molecule has 0 N–H and O–H groups in total. The van der Waals surface area contributed by atoms with Gasteiger partial charge < -0.3 is 4.57 Å². The molecule has 0 aliphatic rings. The molecule has 156 valence electrons. The van der Waals surface area contributed by atoms with Crippen LogP contribution in [0.1, 0.15) is 24.2 Å². The van der Waals surface area contributed by atoms with Crippen LogP contribution in [0.5, 0.6) is 0 Å². The molecule has 11 heteroatoms. The number of Topliss-reactive ketones (excluding diaryl/α,β-unsaturated/α-hetero) is 1. The van der Waals surface area contributed by atoms with Gasteiger partial charge in [-0.2, -0.15) is 4.98 Å². The first-order valence-corrected chi connectivity index (χ1v) is 9.26. The number of aromatic nitrogens is 4. The molecule has 0 amide bonds. The maximum absolute atomic E-state index is 13.1. The zero-order valence-electron chi connectivity index (χ0n) is 16.5. The van der Waals surface area contributed by atoms with Crippen LogP contribution in [-0.2, 0) is 20.1 Å². The highest BCUT2D eigenvalue weighted by Crippen LogP contribution is 2.19. The molecule has 0 radical (unpaired) electrons. The number of para-hydroxylation sites is 1. The first-order chi connectivity index (χ1) is 14.1. The topological polar surface area (TPSA) is 122 Å². The fourth-order valence-electron chi connectivity index (χ4n) is 3.02. The van der Waals surface area contributed by atoms with Crippen LogP contribution < -0.4 is 11.2 Å². The molecule has 10 nitrogen and oxygen atoms in total. The van der Waals surface area contributed by atoms with Crippen LogP contribution in [0.25, 0.3) is 11.2 Å². The summed E-state index contributed by atoms with van der Waals surface area (Å²) in [6, 6.07) is 5.37. The van der Waals surface area contributed by atoms with Crippen LogP contribution in [0, 0.1) is 10.1 Å². The number of rotatable bonds is 6. The number of benzene rings is 1. The van der Waals surface area contributed by atoms with Gasteiger partial charge in [-0.3, -0.25) is 28.8 Å². The van der Waals surface area contributed by atoms with E-state index in [-0.39, 0.29) is 28.6 Å². The Morgan fingerprint density at radius 3 is 2.53 bits per heavy atom. The lowest BCUT2D eigenvalue weighted by Gasteiger charge is -2.09. The SMILES string of the molecule is CC(C)=CCn1c(Cl)nc2c1c(=O)n(CC(=O)c1ccccc1[N+](=O)[O-])c(=O)n2C. The smallest absolute Gasteiger partial charge is 0.305 e. The highest BCUT2D eigenvalue weighted by molar-refractivity contribution is 6.29. The van der Waals surface area contributed by atoms with Crippen molar-refractivity contribution in [2.24, 2.45) is 7.05 Å². The van der Waals surface area contributed by atoms with Gasteiger partial charge in [-0.05, 0) is 31.5 Å². The van der Waals surface area contributed by atoms with Gasteiger partial charge >= 0.3 is 5.69 Å².